The van der Waals surface area contributed by atoms with Crippen LogP contribution in [0.5, 0.6) is 0 Å². The molecule has 0 saturated heterocycles. The predicted octanol–water partition coefficient (Wildman–Crippen LogP) is 4.04. The topological polar surface area (TPSA) is 40.5 Å². The van der Waals surface area contributed by atoms with Crippen molar-refractivity contribution >= 4 is 0 Å². The molecule has 2 N–H and O–H groups in total. The van der Waals surface area contributed by atoms with Gasteiger partial charge < -0.3 is 10.2 Å². The molecule has 0 aliphatic rings. The third-order valence-electron chi connectivity index (χ3n) is 3.90. The first-order chi connectivity index (χ1) is 10.2. The maximum absolute atomic E-state index is 10.1. The fourth-order valence-electron chi connectivity index (χ4n) is 2.51. The van der Waals surface area contributed by atoms with Crippen LogP contribution in [0.15, 0.2) is 36.9 Å². The number of aliphatic hydroxyl groups is 2. The zero-order valence-corrected chi connectivity index (χ0v) is 13.3. The normalized spacial score (nSPS) is 13.9. The summed E-state index contributed by atoms with van der Waals surface area (Å²) in [5.41, 5.74) is 2.29. The molecule has 0 heterocycles. The Kier molecular flexibility index (Phi) is 9.04. The monoisotopic (exact) mass is 290 g/mol. The van der Waals surface area contributed by atoms with E-state index in [-0.39, 0.29) is 0 Å². The highest BCUT2D eigenvalue weighted by molar-refractivity contribution is 5.24. The minimum Gasteiger partial charge on any atom is -0.390 e. The number of rotatable bonds is 11. The van der Waals surface area contributed by atoms with E-state index in [1.807, 2.05) is 18.2 Å². The highest BCUT2D eigenvalue weighted by atomic mass is 16.3. The van der Waals surface area contributed by atoms with Crippen LogP contribution in [0.25, 0.3) is 0 Å². The molecule has 2 heteroatoms. The molecule has 2 atom stereocenters. The second-order valence-electron chi connectivity index (χ2n) is 5.85. The van der Waals surface area contributed by atoms with Gasteiger partial charge in [0.1, 0.15) is 0 Å². The zero-order valence-electron chi connectivity index (χ0n) is 13.3. The standard InChI is InChI=1S/C19H30O2/c1-3-5-6-7-8-10-18(20)19(21)15-17-13-11-16(9-4-2)12-14-17/h4,11-14,18-21H,2-3,5-10,15H2,1H3. The van der Waals surface area contributed by atoms with Crippen molar-refractivity contribution in [3.63, 3.8) is 0 Å². The molecule has 1 rings (SSSR count). The molecule has 2 nitrogen and oxygen atoms in total. The van der Waals surface area contributed by atoms with Gasteiger partial charge in [-0.2, -0.15) is 0 Å². The largest absolute Gasteiger partial charge is 0.390 e. The van der Waals surface area contributed by atoms with Crippen LogP contribution in [0.4, 0.5) is 0 Å². The van der Waals surface area contributed by atoms with E-state index in [0.717, 1.165) is 24.8 Å². The van der Waals surface area contributed by atoms with Gasteiger partial charge in [0.25, 0.3) is 0 Å². The molecule has 0 saturated carbocycles. The Morgan fingerprint density at radius 3 is 2.19 bits per heavy atom. The van der Waals surface area contributed by atoms with Crippen molar-refractivity contribution in [1.82, 2.24) is 0 Å². The molecule has 21 heavy (non-hydrogen) atoms. The lowest BCUT2D eigenvalue weighted by Crippen LogP contribution is -2.27. The highest BCUT2D eigenvalue weighted by Crippen LogP contribution is 2.14. The van der Waals surface area contributed by atoms with Crippen molar-refractivity contribution in [2.45, 2.75) is 70.5 Å². The Bertz CT molecular complexity index is 383. The molecule has 0 aromatic heterocycles. The maximum atomic E-state index is 10.1. The molecule has 0 amide bonds. The predicted molar refractivity (Wildman–Crippen MR) is 89.4 cm³/mol. The first-order valence-electron chi connectivity index (χ1n) is 8.22. The molecule has 1 aromatic rings. The molecule has 0 spiro atoms. The Morgan fingerprint density at radius 1 is 0.952 bits per heavy atom. The van der Waals surface area contributed by atoms with Crippen molar-refractivity contribution in [2.24, 2.45) is 0 Å². The fraction of sp³-hybridized carbons (Fsp3) is 0.579. The van der Waals surface area contributed by atoms with Gasteiger partial charge in [-0.05, 0) is 24.0 Å². The van der Waals surface area contributed by atoms with Crippen molar-refractivity contribution in [2.75, 3.05) is 0 Å². The van der Waals surface area contributed by atoms with Crippen LogP contribution in [0.2, 0.25) is 0 Å². The number of aliphatic hydroxyl groups excluding tert-OH is 2. The van der Waals surface area contributed by atoms with Gasteiger partial charge in [0.2, 0.25) is 0 Å². The molecular weight excluding hydrogens is 260 g/mol. The molecule has 1 aromatic carbocycles. The van der Waals surface area contributed by atoms with Crippen LogP contribution in [-0.2, 0) is 12.8 Å². The molecule has 118 valence electrons. The van der Waals surface area contributed by atoms with Gasteiger partial charge in [0.15, 0.2) is 0 Å². The summed E-state index contributed by atoms with van der Waals surface area (Å²) in [6.45, 7) is 5.92. The summed E-state index contributed by atoms with van der Waals surface area (Å²) in [6, 6.07) is 8.16. The van der Waals surface area contributed by atoms with Gasteiger partial charge in [-0.3, -0.25) is 0 Å². The molecule has 0 radical (unpaired) electrons. The van der Waals surface area contributed by atoms with E-state index in [9.17, 15) is 10.2 Å². The first kappa shape index (κ1) is 17.9. The number of hydrogen-bond donors (Lipinski definition) is 2. The summed E-state index contributed by atoms with van der Waals surface area (Å²) in [6.07, 6.45) is 8.54. The SMILES string of the molecule is C=CCc1ccc(CC(O)C(O)CCCCCCC)cc1. The van der Waals surface area contributed by atoms with Crippen LogP contribution < -0.4 is 0 Å². The van der Waals surface area contributed by atoms with E-state index in [4.69, 9.17) is 0 Å². The average molecular weight is 290 g/mol. The summed E-state index contributed by atoms with van der Waals surface area (Å²) < 4.78 is 0. The highest BCUT2D eigenvalue weighted by Gasteiger charge is 2.16. The molecule has 0 fully saturated rings. The smallest absolute Gasteiger partial charge is 0.0839 e. The van der Waals surface area contributed by atoms with Crippen LogP contribution >= 0.6 is 0 Å². The summed E-state index contributed by atoms with van der Waals surface area (Å²) >= 11 is 0. The van der Waals surface area contributed by atoms with Crippen molar-refractivity contribution in [3.8, 4) is 0 Å². The van der Waals surface area contributed by atoms with E-state index in [1.165, 1.54) is 24.8 Å². The summed E-state index contributed by atoms with van der Waals surface area (Å²) in [4.78, 5) is 0. The second-order valence-corrected chi connectivity index (χ2v) is 5.85. The van der Waals surface area contributed by atoms with Gasteiger partial charge in [-0.15, -0.1) is 6.58 Å². The van der Waals surface area contributed by atoms with Gasteiger partial charge in [-0.25, -0.2) is 0 Å². The minimum absolute atomic E-state index is 0.518. The van der Waals surface area contributed by atoms with E-state index in [0.29, 0.717) is 12.8 Å². The van der Waals surface area contributed by atoms with E-state index < -0.39 is 12.2 Å². The minimum atomic E-state index is -0.665. The molecule has 0 bridgehead atoms. The molecule has 2 unspecified atom stereocenters. The number of benzene rings is 1. The van der Waals surface area contributed by atoms with E-state index >= 15 is 0 Å². The summed E-state index contributed by atoms with van der Waals surface area (Å²) in [7, 11) is 0. The molecule has 0 aliphatic carbocycles. The van der Waals surface area contributed by atoms with Crippen molar-refractivity contribution < 1.29 is 10.2 Å². The Morgan fingerprint density at radius 2 is 1.57 bits per heavy atom. The maximum Gasteiger partial charge on any atom is 0.0839 e. The van der Waals surface area contributed by atoms with Crippen LogP contribution in [0.3, 0.4) is 0 Å². The van der Waals surface area contributed by atoms with Gasteiger partial charge in [0.05, 0.1) is 12.2 Å². The first-order valence-corrected chi connectivity index (χ1v) is 8.22. The van der Waals surface area contributed by atoms with E-state index in [2.05, 4.69) is 25.6 Å². The van der Waals surface area contributed by atoms with Crippen LogP contribution in [0.1, 0.15) is 56.6 Å². The lowest BCUT2D eigenvalue weighted by atomic mass is 9.98. The number of allylic oxidation sites excluding steroid dienone is 1. The summed E-state index contributed by atoms with van der Waals surface area (Å²) in [5.74, 6) is 0. The fourth-order valence-corrected chi connectivity index (χ4v) is 2.51. The van der Waals surface area contributed by atoms with Gasteiger partial charge in [0, 0.05) is 6.42 Å². The quantitative estimate of drug-likeness (QED) is 0.477. The number of hydrogen-bond acceptors (Lipinski definition) is 2. The Hall–Kier alpha value is -1.12. The summed E-state index contributed by atoms with van der Waals surface area (Å²) in [5, 5.41) is 20.1. The lowest BCUT2D eigenvalue weighted by molar-refractivity contribution is 0.0137. The second kappa shape index (κ2) is 10.6. The third-order valence-corrected chi connectivity index (χ3v) is 3.90. The van der Waals surface area contributed by atoms with Gasteiger partial charge in [-0.1, -0.05) is 69.4 Å². The Balaban J connectivity index is 2.30. The zero-order chi connectivity index (χ0) is 15.5. The van der Waals surface area contributed by atoms with Crippen molar-refractivity contribution in [1.29, 1.82) is 0 Å². The average Bonchev–Trinajstić information content (AvgIpc) is 2.49. The number of unbranched alkanes of at least 4 members (excludes halogenated alkanes) is 4. The Labute approximate surface area is 129 Å². The molecule has 0 aliphatic heterocycles. The third kappa shape index (κ3) is 7.45. The lowest BCUT2D eigenvalue weighted by Gasteiger charge is -2.18. The molecular formula is C19H30O2. The van der Waals surface area contributed by atoms with E-state index in [1.54, 1.807) is 0 Å². The van der Waals surface area contributed by atoms with Gasteiger partial charge >= 0.3 is 0 Å². The van der Waals surface area contributed by atoms with Crippen molar-refractivity contribution in [3.05, 3.63) is 48.0 Å². The van der Waals surface area contributed by atoms with Crippen LogP contribution in [0, 0.1) is 0 Å². The van der Waals surface area contributed by atoms with Crippen LogP contribution in [-0.4, -0.2) is 22.4 Å².